The van der Waals surface area contributed by atoms with Gasteiger partial charge in [0.1, 0.15) is 0 Å². The number of aliphatic hydroxyl groups is 1. The van der Waals surface area contributed by atoms with Crippen LogP contribution in [0.25, 0.3) is 0 Å². The molecule has 0 aromatic carbocycles. The first kappa shape index (κ1) is 11.4. The summed E-state index contributed by atoms with van der Waals surface area (Å²) < 4.78 is 4.95. The zero-order valence-electron chi connectivity index (χ0n) is 7.19. The molecule has 0 saturated heterocycles. The minimum Gasteiger partial charge on any atom is -0.480 e. The minimum atomic E-state index is -0.848. The molecule has 0 amide bonds. The van der Waals surface area contributed by atoms with Crippen LogP contribution in [0.2, 0.25) is 0 Å². The molecule has 0 heterocycles. The van der Waals surface area contributed by atoms with Crippen LogP contribution in [-0.2, 0) is 9.53 Å². The van der Waals surface area contributed by atoms with Crippen LogP contribution in [0.4, 0.5) is 0 Å². The average molecular weight is 177 g/mol. The van der Waals surface area contributed by atoms with Crippen molar-refractivity contribution in [3.63, 3.8) is 0 Å². The Labute approximate surface area is 71.6 Å². The molecular weight excluding hydrogens is 162 g/mol. The van der Waals surface area contributed by atoms with Crippen molar-refractivity contribution in [1.29, 1.82) is 0 Å². The van der Waals surface area contributed by atoms with Crippen LogP contribution in [0, 0.1) is 0 Å². The molecule has 5 nitrogen and oxygen atoms in total. The lowest BCUT2D eigenvalue weighted by molar-refractivity contribution is -0.138. The Morgan fingerprint density at radius 1 is 1.50 bits per heavy atom. The first-order valence-electron chi connectivity index (χ1n) is 3.75. The number of rotatable bonds is 7. The Bertz CT molecular complexity index is 129. The lowest BCUT2D eigenvalue weighted by atomic mass is 10.5. The van der Waals surface area contributed by atoms with E-state index in [-0.39, 0.29) is 13.2 Å². The third kappa shape index (κ3) is 7.46. The fraction of sp³-hybridized carbons (Fsp3) is 0.857. The second-order valence-corrected chi connectivity index (χ2v) is 2.47. The van der Waals surface area contributed by atoms with E-state index in [0.29, 0.717) is 19.8 Å². The van der Waals surface area contributed by atoms with Crippen LogP contribution < -0.4 is 0 Å². The van der Waals surface area contributed by atoms with Gasteiger partial charge in [0.25, 0.3) is 0 Å². The number of ether oxygens (including phenoxy) is 1. The van der Waals surface area contributed by atoms with E-state index in [2.05, 4.69) is 0 Å². The summed E-state index contributed by atoms with van der Waals surface area (Å²) in [5.41, 5.74) is 0. The lowest BCUT2D eigenvalue weighted by Crippen LogP contribution is -2.29. The molecule has 0 aliphatic heterocycles. The fourth-order valence-corrected chi connectivity index (χ4v) is 0.697. The van der Waals surface area contributed by atoms with E-state index in [9.17, 15) is 4.79 Å². The van der Waals surface area contributed by atoms with Crippen molar-refractivity contribution in [1.82, 2.24) is 4.90 Å². The van der Waals surface area contributed by atoms with Crippen molar-refractivity contribution in [2.75, 3.05) is 40.0 Å². The molecule has 0 aromatic heterocycles. The lowest BCUT2D eigenvalue weighted by Gasteiger charge is -2.13. The number of likely N-dealkylation sites (N-methyl/N-ethyl adjacent to an activating group) is 1. The zero-order valence-corrected chi connectivity index (χ0v) is 7.19. The molecule has 0 spiro atoms. The Morgan fingerprint density at radius 2 is 2.17 bits per heavy atom. The predicted molar refractivity (Wildman–Crippen MR) is 43.0 cm³/mol. The molecule has 0 aliphatic rings. The van der Waals surface area contributed by atoms with Gasteiger partial charge < -0.3 is 14.9 Å². The summed E-state index contributed by atoms with van der Waals surface area (Å²) in [6, 6.07) is 0. The van der Waals surface area contributed by atoms with Crippen molar-refractivity contribution in [2.24, 2.45) is 0 Å². The molecule has 0 atom stereocenters. The van der Waals surface area contributed by atoms with Gasteiger partial charge in [0.15, 0.2) is 0 Å². The molecule has 72 valence electrons. The van der Waals surface area contributed by atoms with Gasteiger partial charge in [-0.2, -0.15) is 0 Å². The zero-order chi connectivity index (χ0) is 9.40. The van der Waals surface area contributed by atoms with Crippen LogP contribution in [-0.4, -0.2) is 61.0 Å². The molecule has 2 N–H and O–H groups in total. The Balaban J connectivity index is 3.19. The summed E-state index contributed by atoms with van der Waals surface area (Å²) in [5, 5.41) is 16.7. The maximum absolute atomic E-state index is 10.2. The first-order chi connectivity index (χ1) is 5.66. The van der Waals surface area contributed by atoms with Gasteiger partial charge >= 0.3 is 5.97 Å². The number of aliphatic carboxylic acids is 1. The van der Waals surface area contributed by atoms with Crippen LogP contribution in [0.15, 0.2) is 0 Å². The molecule has 12 heavy (non-hydrogen) atoms. The van der Waals surface area contributed by atoms with Crippen LogP contribution in [0.3, 0.4) is 0 Å². The highest BCUT2D eigenvalue weighted by Gasteiger charge is 2.02. The number of hydrogen-bond donors (Lipinski definition) is 2. The topological polar surface area (TPSA) is 70.0 Å². The van der Waals surface area contributed by atoms with Gasteiger partial charge in [0.05, 0.1) is 26.4 Å². The van der Waals surface area contributed by atoms with Crippen molar-refractivity contribution < 1.29 is 19.7 Å². The maximum Gasteiger partial charge on any atom is 0.317 e. The molecule has 0 bridgehead atoms. The van der Waals surface area contributed by atoms with Crippen molar-refractivity contribution in [3.05, 3.63) is 0 Å². The molecule has 0 aliphatic carbocycles. The Hall–Kier alpha value is -0.650. The van der Waals surface area contributed by atoms with Crippen molar-refractivity contribution >= 4 is 5.97 Å². The van der Waals surface area contributed by atoms with Gasteiger partial charge in [-0.15, -0.1) is 0 Å². The van der Waals surface area contributed by atoms with E-state index in [1.165, 1.54) is 0 Å². The predicted octanol–water partition coefficient (Wildman–Crippen LogP) is -0.988. The van der Waals surface area contributed by atoms with E-state index >= 15 is 0 Å². The van der Waals surface area contributed by atoms with Crippen molar-refractivity contribution in [2.45, 2.75) is 0 Å². The molecule has 5 heteroatoms. The van der Waals surface area contributed by atoms with Crippen LogP contribution in [0.5, 0.6) is 0 Å². The smallest absolute Gasteiger partial charge is 0.317 e. The molecule has 0 aromatic rings. The van der Waals surface area contributed by atoms with Crippen LogP contribution >= 0.6 is 0 Å². The number of hydrogen-bond acceptors (Lipinski definition) is 4. The van der Waals surface area contributed by atoms with Gasteiger partial charge in [0, 0.05) is 6.54 Å². The third-order valence-electron chi connectivity index (χ3n) is 1.26. The van der Waals surface area contributed by atoms with E-state index in [1.54, 1.807) is 11.9 Å². The summed E-state index contributed by atoms with van der Waals surface area (Å²) in [7, 11) is 1.70. The molecule has 0 unspecified atom stereocenters. The molecule has 0 rings (SSSR count). The largest absolute Gasteiger partial charge is 0.480 e. The fourth-order valence-electron chi connectivity index (χ4n) is 0.697. The second kappa shape index (κ2) is 7.02. The van der Waals surface area contributed by atoms with E-state index in [4.69, 9.17) is 14.9 Å². The summed E-state index contributed by atoms with van der Waals surface area (Å²) in [6.07, 6.45) is 0. The SMILES string of the molecule is CN(CCOCCO)CC(=O)O. The highest BCUT2D eigenvalue weighted by atomic mass is 16.5. The quantitative estimate of drug-likeness (QED) is 0.489. The maximum atomic E-state index is 10.2. The third-order valence-corrected chi connectivity index (χ3v) is 1.26. The standard InChI is InChI=1S/C7H15NO4/c1-8(6-7(10)11)2-4-12-5-3-9/h9H,2-6H2,1H3,(H,10,11). The molecular formula is C7H15NO4. The number of carbonyl (C=O) groups is 1. The summed E-state index contributed by atoms with van der Waals surface area (Å²) in [6.45, 7) is 1.34. The Kier molecular flexibility index (Phi) is 6.64. The van der Waals surface area contributed by atoms with Crippen molar-refractivity contribution in [3.8, 4) is 0 Å². The average Bonchev–Trinajstić information content (AvgIpc) is 1.97. The number of nitrogens with zero attached hydrogens (tertiary/aromatic N) is 1. The van der Waals surface area contributed by atoms with Gasteiger partial charge in [0.2, 0.25) is 0 Å². The Morgan fingerprint density at radius 3 is 2.67 bits per heavy atom. The summed E-state index contributed by atoms with van der Waals surface area (Å²) in [4.78, 5) is 11.8. The first-order valence-corrected chi connectivity index (χ1v) is 3.75. The van der Waals surface area contributed by atoms with Gasteiger partial charge in [-0.1, -0.05) is 0 Å². The van der Waals surface area contributed by atoms with Gasteiger partial charge in [-0.25, -0.2) is 0 Å². The molecule has 0 fully saturated rings. The second-order valence-electron chi connectivity index (χ2n) is 2.47. The number of aliphatic hydroxyl groups excluding tert-OH is 1. The molecule has 0 radical (unpaired) electrons. The van der Waals surface area contributed by atoms with Gasteiger partial charge in [-0.05, 0) is 7.05 Å². The highest BCUT2D eigenvalue weighted by Crippen LogP contribution is 1.82. The monoisotopic (exact) mass is 177 g/mol. The number of carboxylic acids is 1. The van der Waals surface area contributed by atoms with E-state index in [0.717, 1.165) is 0 Å². The van der Waals surface area contributed by atoms with Gasteiger partial charge in [-0.3, -0.25) is 9.69 Å². The number of carboxylic acid groups (broad SMARTS) is 1. The minimum absolute atomic E-state index is 0.00262. The summed E-state index contributed by atoms with van der Waals surface area (Å²) in [5.74, 6) is -0.848. The molecule has 0 saturated carbocycles. The highest BCUT2D eigenvalue weighted by molar-refractivity contribution is 5.68. The van der Waals surface area contributed by atoms with Crippen LogP contribution in [0.1, 0.15) is 0 Å². The summed E-state index contributed by atoms with van der Waals surface area (Å²) >= 11 is 0. The van der Waals surface area contributed by atoms with E-state index in [1.807, 2.05) is 0 Å². The normalized spacial score (nSPS) is 10.6. The van der Waals surface area contributed by atoms with E-state index < -0.39 is 5.97 Å².